The molecule has 2 heterocycles. The van der Waals surface area contributed by atoms with Crippen LogP contribution in [0.15, 0.2) is 60.7 Å². The second-order valence-electron chi connectivity index (χ2n) is 8.41. The zero-order valence-electron chi connectivity index (χ0n) is 17.7. The third-order valence-corrected chi connectivity index (χ3v) is 6.51. The molecule has 5 nitrogen and oxygen atoms in total. The highest BCUT2D eigenvalue weighted by Gasteiger charge is 2.26. The van der Waals surface area contributed by atoms with Gasteiger partial charge in [-0.15, -0.1) is 0 Å². The number of likely N-dealkylation sites (tertiary alicyclic amines) is 1. The van der Waals surface area contributed by atoms with Crippen molar-refractivity contribution in [1.82, 2.24) is 4.90 Å². The van der Waals surface area contributed by atoms with Crippen LogP contribution in [-0.2, 0) is 19.4 Å². The normalized spacial score (nSPS) is 17.7. The molecule has 5 rings (SSSR count). The number of halogens is 1. The van der Waals surface area contributed by atoms with Crippen LogP contribution in [0, 0.1) is 0 Å². The molecule has 2 N–H and O–H groups in total. The number of nitrogens with zero attached hydrogens (tertiary/aromatic N) is 1. The number of carbonyl (C=O) groups is 1. The quantitative estimate of drug-likeness (QED) is 0.529. The zero-order chi connectivity index (χ0) is 22.1. The summed E-state index contributed by atoms with van der Waals surface area (Å²) >= 11 is 6.08. The van der Waals surface area contributed by atoms with Crippen LogP contribution in [0.5, 0.6) is 17.2 Å². The predicted octanol–water partition coefficient (Wildman–Crippen LogP) is 6.03. The molecule has 0 aliphatic carbocycles. The van der Waals surface area contributed by atoms with E-state index in [1.54, 1.807) is 6.07 Å². The molecule has 6 heteroatoms. The molecule has 0 spiro atoms. The number of amides is 1. The van der Waals surface area contributed by atoms with E-state index in [0.717, 1.165) is 48.0 Å². The fraction of sp³-hybridized carbons (Fsp3) is 0.269. The van der Waals surface area contributed by atoms with E-state index >= 15 is 0 Å². The maximum absolute atomic E-state index is 11.1. The molecule has 0 radical (unpaired) electrons. The maximum atomic E-state index is 11.1. The molecule has 1 amide bonds. The molecule has 3 aromatic rings. The molecule has 1 atom stereocenters. The fourth-order valence-electron chi connectivity index (χ4n) is 4.76. The van der Waals surface area contributed by atoms with Gasteiger partial charge >= 0.3 is 6.09 Å². The van der Waals surface area contributed by atoms with Crippen molar-refractivity contribution in [3.63, 3.8) is 0 Å². The molecule has 1 saturated heterocycles. The molecule has 0 saturated carbocycles. The molecule has 164 valence electrons. The van der Waals surface area contributed by atoms with Gasteiger partial charge in [0.1, 0.15) is 17.2 Å². The van der Waals surface area contributed by atoms with Crippen LogP contribution in [0.1, 0.15) is 41.1 Å². The first kappa shape index (κ1) is 20.9. The van der Waals surface area contributed by atoms with E-state index in [1.807, 2.05) is 24.3 Å². The van der Waals surface area contributed by atoms with Crippen molar-refractivity contribution in [3.8, 4) is 17.2 Å². The van der Waals surface area contributed by atoms with Crippen molar-refractivity contribution < 1.29 is 14.3 Å². The lowest BCUT2D eigenvalue weighted by atomic mass is 10.0. The van der Waals surface area contributed by atoms with Crippen LogP contribution in [0.4, 0.5) is 4.79 Å². The smallest absolute Gasteiger partial charge is 0.409 e. The monoisotopic (exact) mass is 448 g/mol. The predicted molar refractivity (Wildman–Crippen MR) is 124 cm³/mol. The number of fused-ring (bicyclic) bond motifs is 2. The summed E-state index contributed by atoms with van der Waals surface area (Å²) in [6.45, 7) is 2.00. The lowest BCUT2D eigenvalue weighted by molar-refractivity contribution is 0.211. The van der Waals surface area contributed by atoms with Crippen molar-refractivity contribution in [2.75, 3.05) is 6.54 Å². The van der Waals surface area contributed by atoms with Crippen LogP contribution < -0.4 is 15.2 Å². The second-order valence-corrected chi connectivity index (χ2v) is 8.85. The van der Waals surface area contributed by atoms with Gasteiger partial charge < -0.3 is 15.2 Å². The summed E-state index contributed by atoms with van der Waals surface area (Å²) in [6, 6.07) is 20.5. The molecule has 3 aromatic carbocycles. The maximum Gasteiger partial charge on any atom is 0.409 e. The zero-order valence-corrected chi connectivity index (χ0v) is 18.5. The molecular formula is C26H25ClN2O3. The van der Waals surface area contributed by atoms with Crippen LogP contribution in [0.25, 0.3) is 0 Å². The Morgan fingerprint density at radius 1 is 1.03 bits per heavy atom. The van der Waals surface area contributed by atoms with Gasteiger partial charge in [0.15, 0.2) is 0 Å². The van der Waals surface area contributed by atoms with Gasteiger partial charge in [0.05, 0.1) is 0 Å². The van der Waals surface area contributed by atoms with Gasteiger partial charge in [-0.1, -0.05) is 35.9 Å². The van der Waals surface area contributed by atoms with E-state index in [2.05, 4.69) is 35.2 Å². The Morgan fingerprint density at radius 3 is 2.50 bits per heavy atom. The summed E-state index contributed by atoms with van der Waals surface area (Å²) < 4.78 is 11.2. The van der Waals surface area contributed by atoms with E-state index < -0.39 is 6.09 Å². The highest BCUT2D eigenvalue weighted by Crippen LogP contribution is 2.37. The first-order valence-electron chi connectivity index (χ1n) is 10.9. The first-order valence-corrected chi connectivity index (χ1v) is 11.3. The summed E-state index contributed by atoms with van der Waals surface area (Å²) in [4.78, 5) is 13.6. The van der Waals surface area contributed by atoms with E-state index in [-0.39, 0.29) is 0 Å². The SMILES string of the molecule is NC(=O)Oc1ccc2c(c1)CCc1cc(CN3CCCC3c3ccc(Cl)cc3)ccc1O2. The second kappa shape index (κ2) is 8.85. The number of ether oxygens (including phenoxy) is 2. The summed E-state index contributed by atoms with van der Waals surface area (Å²) in [5, 5.41) is 0.776. The van der Waals surface area contributed by atoms with Gasteiger partial charge in [-0.25, -0.2) is 4.79 Å². The average molecular weight is 449 g/mol. The third-order valence-electron chi connectivity index (χ3n) is 6.26. The van der Waals surface area contributed by atoms with E-state index in [1.165, 1.54) is 29.5 Å². The molecule has 0 bridgehead atoms. The van der Waals surface area contributed by atoms with E-state index in [9.17, 15) is 4.79 Å². The lowest BCUT2D eigenvalue weighted by Gasteiger charge is -2.25. The summed E-state index contributed by atoms with van der Waals surface area (Å²) in [7, 11) is 0. The van der Waals surface area contributed by atoms with E-state index in [4.69, 9.17) is 26.8 Å². The Labute approximate surface area is 192 Å². The molecule has 1 fully saturated rings. The molecule has 2 aliphatic heterocycles. The van der Waals surface area contributed by atoms with Gasteiger partial charge in [0, 0.05) is 17.6 Å². The number of hydrogen-bond acceptors (Lipinski definition) is 4. The van der Waals surface area contributed by atoms with Gasteiger partial charge in [-0.2, -0.15) is 0 Å². The average Bonchev–Trinajstić information content (AvgIpc) is 3.15. The molecular weight excluding hydrogens is 424 g/mol. The number of benzene rings is 3. The van der Waals surface area contributed by atoms with Crippen molar-refractivity contribution in [2.24, 2.45) is 5.73 Å². The minimum Gasteiger partial charge on any atom is -0.457 e. The Morgan fingerprint density at radius 2 is 1.75 bits per heavy atom. The minimum atomic E-state index is -0.814. The Bertz CT molecular complexity index is 1150. The first-order chi connectivity index (χ1) is 15.5. The number of rotatable bonds is 4. The van der Waals surface area contributed by atoms with Crippen molar-refractivity contribution in [2.45, 2.75) is 38.3 Å². The third kappa shape index (κ3) is 4.45. The van der Waals surface area contributed by atoms with Gasteiger partial charge in [-0.3, -0.25) is 4.90 Å². The van der Waals surface area contributed by atoms with Crippen molar-refractivity contribution >= 4 is 17.7 Å². The number of nitrogens with two attached hydrogens (primary N) is 1. The number of aryl methyl sites for hydroxylation is 2. The largest absolute Gasteiger partial charge is 0.457 e. The van der Waals surface area contributed by atoms with Crippen LogP contribution in [0.3, 0.4) is 0 Å². The van der Waals surface area contributed by atoms with Gasteiger partial charge in [0.25, 0.3) is 0 Å². The number of hydrogen-bond donors (Lipinski definition) is 1. The van der Waals surface area contributed by atoms with Gasteiger partial charge in [0.2, 0.25) is 0 Å². The molecule has 1 unspecified atom stereocenters. The Hall–Kier alpha value is -3.02. The van der Waals surface area contributed by atoms with Gasteiger partial charge in [-0.05, 0) is 90.9 Å². The highest BCUT2D eigenvalue weighted by molar-refractivity contribution is 6.30. The highest BCUT2D eigenvalue weighted by atomic mass is 35.5. The summed E-state index contributed by atoms with van der Waals surface area (Å²) in [5.74, 6) is 2.11. The molecule has 32 heavy (non-hydrogen) atoms. The summed E-state index contributed by atoms with van der Waals surface area (Å²) in [6.07, 6.45) is 3.22. The summed E-state index contributed by atoms with van der Waals surface area (Å²) in [5.41, 5.74) is 9.95. The van der Waals surface area contributed by atoms with Crippen molar-refractivity contribution in [1.29, 1.82) is 0 Å². The van der Waals surface area contributed by atoms with Crippen LogP contribution in [-0.4, -0.2) is 17.5 Å². The number of carbonyl (C=O) groups excluding carboxylic acids is 1. The van der Waals surface area contributed by atoms with Crippen LogP contribution in [0.2, 0.25) is 5.02 Å². The Kier molecular flexibility index (Phi) is 5.77. The van der Waals surface area contributed by atoms with Crippen molar-refractivity contribution in [3.05, 3.63) is 87.9 Å². The minimum absolute atomic E-state index is 0.426. The fourth-order valence-corrected chi connectivity index (χ4v) is 4.88. The number of primary amides is 1. The standard InChI is InChI=1S/C26H25ClN2O3/c27-21-8-6-18(7-9-21)23-2-1-13-29(23)16-17-3-11-24-19(14-17)4-5-20-15-22(31-26(28)30)10-12-25(20)32-24/h3,6-12,14-15,23H,1-2,4-5,13,16H2,(H2,28,30). The Balaban J connectivity index is 1.32. The molecule has 0 aromatic heterocycles. The van der Waals surface area contributed by atoms with Crippen LogP contribution >= 0.6 is 11.6 Å². The van der Waals surface area contributed by atoms with E-state index in [0.29, 0.717) is 11.8 Å². The molecule has 2 aliphatic rings. The topological polar surface area (TPSA) is 64.8 Å². The lowest BCUT2D eigenvalue weighted by Crippen LogP contribution is -2.22.